The predicted molar refractivity (Wildman–Crippen MR) is 136 cm³/mol. The van der Waals surface area contributed by atoms with Crippen molar-refractivity contribution in [2.24, 2.45) is 18.9 Å². The summed E-state index contributed by atoms with van der Waals surface area (Å²) in [7, 11) is 1.98. The number of amides is 2. The molecule has 172 valence electrons. The highest BCUT2D eigenvalue weighted by atomic mass is 35.5. The van der Waals surface area contributed by atoms with Crippen molar-refractivity contribution in [1.29, 1.82) is 0 Å². The van der Waals surface area contributed by atoms with Crippen LogP contribution in [0.1, 0.15) is 16.8 Å². The van der Waals surface area contributed by atoms with Crippen molar-refractivity contribution in [1.82, 2.24) is 19.8 Å². The lowest BCUT2D eigenvalue weighted by molar-refractivity contribution is -0.122. The number of benzene rings is 2. The van der Waals surface area contributed by atoms with Crippen molar-refractivity contribution in [2.75, 3.05) is 13.1 Å². The number of aromatic nitrogens is 2. The summed E-state index contributed by atoms with van der Waals surface area (Å²) in [5.74, 6) is 0.550. The summed E-state index contributed by atoms with van der Waals surface area (Å²) in [6.45, 7) is 2.99. The Morgan fingerprint density at radius 2 is 1.53 bits per heavy atom. The molecule has 6 nitrogen and oxygen atoms in total. The Kier molecular flexibility index (Phi) is 4.73. The van der Waals surface area contributed by atoms with E-state index in [1.54, 1.807) is 0 Å². The molecule has 4 aromatic rings. The molecule has 34 heavy (non-hydrogen) atoms. The second-order valence-electron chi connectivity index (χ2n) is 9.54. The van der Waals surface area contributed by atoms with Crippen LogP contribution in [0.15, 0.2) is 54.7 Å². The number of hydrogen-bond donors (Lipinski definition) is 2. The lowest BCUT2D eigenvalue weighted by atomic mass is 9.85. The minimum absolute atomic E-state index is 0. The van der Waals surface area contributed by atoms with Crippen LogP contribution < -0.4 is 10.6 Å². The Hall–Kier alpha value is -3.35. The van der Waals surface area contributed by atoms with Gasteiger partial charge in [0, 0.05) is 58.4 Å². The SMILES string of the molecule is Cl.Cn1cc(C2=C(c3c4n(c5ccccc35)C[C@@H]3CNC[C@H]3C4)C(=O)NC2=O)c2ccccc21. The average Bonchev–Trinajstić information content (AvgIpc) is 3.56. The van der Waals surface area contributed by atoms with Crippen LogP contribution in [0.4, 0.5) is 0 Å². The molecule has 0 aliphatic carbocycles. The van der Waals surface area contributed by atoms with Gasteiger partial charge in [-0.15, -0.1) is 12.4 Å². The lowest BCUT2D eigenvalue weighted by Crippen LogP contribution is -2.28. The van der Waals surface area contributed by atoms with Crippen LogP contribution in [-0.2, 0) is 29.6 Å². The molecular formula is C27H25ClN4O2. The fraction of sp³-hybridized carbons (Fsp3) is 0.259. The number of aryl methyl sites for hydroxylation is 1. The summed E-state index contributed by atoms with van der Waals surface area (Å²) in [4.78, 5) is 26.6. The molecule has 0 radical (unpaired) electrons. The van der Waals surface area contributed by atoms with Crippen molar-refractivity contribution in [3.63, 3.8) is 0 Å². The van der Waals surface area contributed by atoms with Crippen molar-refractivity contribution < 1.29 is 9.59 Å². The van der Waals surface area contributed by atoms with Crippen LogP contribution in [0, 0.1) is 11.8 Å². The van der Waals surface area contributed by atoms with E-state index in [0.29, 0.717) is 23.0 Å². The van der Waals surface area contributed by atoms with E-state index in [1.165, 1.54) is 5.69 Å². The van der Waals surface area contributed by atoms with Gasteiger partial charge in [0.1, 0.15) is 0 Å². The van der Waals surface area contributed by atoms with E-state index in [2.05, 4.69) is 33.4 Å². The Bertz CT molecular complexity index is 1540. The number of carbonyl (C=O) groups excluding carboxylic acids is 2. The fourth-order valence-electron chi connectivity index (χ4n) is 6.27. The van der Waals surface area contributed by atoms with Gasteiger partial charge in [-0.3, -0.25) is 14.9 Å². The lowest BCUT2D eigenvalue weighted by Gasteiger charge is -2.28. The van der Waals surface area contributed by atoms with Gasteiger partial charge in [-0.2, -0.15) is 0 Å². The van der Waals surface area contributed by atoms with Crippen molar-refractivity contribution >= 4 is 57.2 Å². The molecule has 7 rings (SSSR count). The second-order valence-corrected chi connectivity index (χ2v) is 9.54. The maximum atomic E-state index is 13.3. The van der Waals surface area contributed by atoms with Crippen molar-refractivity contribution in [3.05, 3.63) is 71.5 Å². The molecular weight excluding hydrogens is 448 g/mol. The summed E-state index contributed by atoms with van der Waals surface area (Å²) in [5, 5.41) is 8.19. The summed E-state index contributed by atoms with van der Waals surface area (Å²) >= 11 is 0. The number of fused-ring (bicyclic) bond motifs is 5. The van der Waals surface area contributed by atoms with Gasteiger partial charge in [-0.05, 0) is 43.5 Å². The first-order valence-electron chi connectivity index (χ1n) is 11.6. The van der Waals surface area contributed by atoms with Crippen LogP contribution >= 0.6 is 12.4 Å². The summed E-state index contributed by atoms with van der Waals surface area (Å²) in [5.41, 5.74) is 6.11. The number of hydrogen-bond acceptors (Lipinski definition) is 3. The van der Waals surface area contributed by atoms with E-state index < -0.39 is 0 Å². The molecule has 2 amide bonds. The third-order valence-electron chi connectivity index (χ3n) is 7.78. The molecule has 7 heteroatoms. The molecule has 1 fully saturated rings. The molecule has 0 saturated carbocycles. The van der Waals surface area contributed by atoms with E-state index in [0.717, 1.165) is 59.0 Å². The number of nitrogens with one attached hydrogen (secondary N) is 2. The largest absolute Gasteiger partial charge is 0.350 e. The van der Waals surface area contributed by atoms with E-state index >= 15 is 0 Å². The fourth-order valence-corrected chi connectivity index (χ4v) is 6.27. The van der Waals surface area contributed by atoms with Crippen molar-refractivity contribution in [3.8, 4) is 0 Å². The van der Waals surface area contributed by atoms with Gasteiger partial charge in [0.2, 0.25) is 0 Å². The smallest absolute Gasteiger partial charge is 0.259 e. The van der Waals surface area contributed by atoms with Crippen molar-refractivity contribution in [2.45, 2.75) is 13.0 Å². The molecule has 2 N–H and O–H groups in total. The number of rotatable bonds is 2. The number of carbonyl (C=O) groups is 2. The van der Waals surface area contributed by atoms with Crippen LogP contribution in [0.3, 0.4) is 0 Å². The highest BCUT2D eigenvalue weighted by Crippen LogP contribution is 2.44. The second kappa shape index (κ2) is 7.58. The number of halogens is 1. The Morgan fingerprint density at radius 1 is 0.853 bits per heavy atom. The minimum Gasteiger partial charge on any atom is -0.350 e. The zero-order chi connectivity index (χ0) is 22.3. The van der Waals surface area contributed by atoms with Crippen LogP contribution in [0.5, 0.6) is 0 Å². The van der Waals surface area contributed by atoms with E-state index in [9.17, 15) is 9.59 Å². The number of imide groups is 1. The van der Waals surface area contributed by atoms with Gasteiger partial charge in [0.25, 0.3) is 11.8 Å². The van der Waals surface area contributed by atoms with Gasteiger partial charge in [-0.25, -0.2) is 0 Å². The predicted octanol–water partition coefficient (Wildman–Crippen LogP) is 3.51. The quantitative estimate of drug-likeness (QED) is 0.439. The Balaban J connectivity index is 0.00000217. The maximum Gasteiger partial charge on any atom is 0.259 e. The molecule has 0 unspecified atom stereocenters. The minimum atomic E-state index is -0.313. The first kappa shape index (κ1) is 21.2. The molecule has 0 spiro atoms. The van der Waals surface area contributed by atoms with Crippen LogP contribution in [0.25, 0.3) is 33.0 Å². The molecule has 2 aromatic heterocycles. The summed E-state index contributed by atoms with van der Waals surface area (Å²) in [6, 6.07) is 16.3. The molecule has 5 heterocycles. The van der Waals surface area contributed by atoms with Gasteiger partial charge in [0.15, 0.2) is 0 Å². The first-order chi connectivity index (χ1) is 16.1. The molecule has 3 aliphatic heterocycles. The van der Waals surface area contributed by atoms with E-state index in [-0.39, 0.29) is 24.2 Å². The van der Waals surface area contributed by atoms with Gasteiger partial charge in [0.05, 0.1) is 11.1 Å². The topological polar surface area (TPSA) is 68.1 Å². The van der Waals surface area contributed by atoms with Gasteiger partial charge in [-0.1, -0.05) is 36.4 Å². The summed E-state index contributed by atoms with van der Waals surface area (Å²) < 4.78 is 4.41. The van der Waals surface area contributed by atoms with Crippen LogP contribution in [-0.4, -0.2) is 34.0 Å². The molecule has 0 bridgehead atoms. The first-order valence-corrected chi connectivity index (χ1v) is 11.6. The molecule has 3 aliphatic rings. The summed E-state index contributed by atoms with van der Waals surface area (Å²) in [6.07, 6.45) is 2.88. The van der Waals surface area contributed by atoms with Gasteiger partial charge >= 0.3 is 0 Å². The van der Waals surface area contributed by atoms with E-state index in [1.807, 2.05) is 48.1 Å². The number of para-hydroxylation sites is 2. The van der Waals surface area contributed by atoms with Gasteiger partial charge < -0.3 is 14.5 Å². The maximum absolute atomic E-state index is 13.3. The highest BCUT2D eigenvalue weighted by Gasteiger charge is 2.40. The molecule has 2 aromatic carbocycles. The zero-order valence-electron chi connectivity index (χ0n) is 18.8. The third-order valence-corrected chi connectivity index (χ3v) is 7.78. The molecule has 2 atom stereocenters. The molecule has 1 saturated heterocycles. The zero-order valence-corrected chi connectivity index (χ0v) is 19.6. The Labute approximate surface area is 203 Å². The third kappa shape index (κ3) is 2.79. The monoisotopic (exact) mass is 472 g/mol. The number of nitrogens with zero attached hydrogens (tertiary/aromatic N) is 2. The van der Waals surface area contributed by atoms with E-state index in [4.69, 9.17) is 0 Å². The Morgan fingerprint density at radius 3 is 2.35 bits per heavy atom. The average molecular weight is 473 g/mol. The normalized spacial score (nSPS) is 21.7. The van der Waals surface area contributed by atoms with Crippen LogP contribution in [0.2, 0.25) is 0 Å². The standard InChI is InChI=1S/C27H24N4O2.ClH/c1-30-14-19(17-6-2-4-8-20(17)30)24-25(27(33)29-26(24)32)23-18-7-3-5-9-21(18)31-13-16-12-28-11-15(16)10-22(23)31;/h2-9,14-16,28H,10-13H2,1H3,(H,29,32,33);1H/t15-,16+;/m1./s1. The highest BCUT2D eigenvalue weighted by molar-refractivity contribution is 6.51.